The minimum absolute atomic E-state index is 0.241. The first-order valence-corrected chi connectivity index (χ1v) is 6.75. The summed E-state index contributed by atoms with van der Waals surface area (Å²) in [5.74, 6) is -0.241. The molecule has 1 aromatic carbocycles. The van der Waals surface area contributed by atoms with E-state index >= 15 is 0 Å². The summed E-state index contributed by atoms with van der Waals surface area (Å²) in [6.07, 6.45) is 4.27. The number of carbonyl (C=O) groups is 1. The molecule has 1 aliphatic heterocycles. The van der Waals surface area contributed by atoms with E-state index < -0.39 is 0 Å². The van der Waals surface area contributed by atoms with Crippen LogP contribution in [0.25, 0.3) is 0 Å². The zero-order valence-electron chi connectivity index (χ0n) is 11.7. The molecular weight excluding hydrogens is 238 g/mol. The number of fused-ring (bicyclic) bond motifs is 1. The summed E-state index contributed by atoms with van der Waals surface area (Å²) in [7, 11) is 1.42. The molecule has 0 saturated carbocycles. The average Bonchev–Trinajstić information content (AvgIpc) is 2.65. The Morgan fingerprint density at radius 3 is 2.84 bits per heavy atom. The Morgan fingerprint density at radius 1 is 1.37 bits per heavy atom. The molecule has 3 nitrogen and oxygen atoms in total. The second-order valence-electron chi connectivity index (χ2n) is 4.99. The summed E-state index contributed by atoms with van der Waals surface area (Å²) in [4.78, 5) is 13.7. The van der Waals surface area contributed by atoms with Crippen LogP contribution in [0.2, 0.25) is 0 Å². The summed E-state index contributed by atoms with van der Waals surface area (Å²) >= 11 is 0. The fourth-order valence-corrected chi connectivity index (χ4v) is 2.43. The Hall–Kier alpha value is -1.61. The van der Waals surface area contributed by atoms with Gasteiger partial charge in [0.1, 0.15) is 0 Å². The van der Waals surface area contributed by atoms with Crippen molar-refractivity contribution in [1.29, 1.82) is 0 Å². The first kappa shape index (κ1) is 13.8. The highest BCUT2D eigenvalue weighted by molar-refractivity contribution is 5.87. The molecule has 0 atom stereocenters. The maximum atomic E-state index is 11.3. The maximum Gasteiger partial charge on any atom is 0.333 e. The fraction of sp³-hybridized carbons (Fsp3) is 0.438. The lowest BCUT2D eigenvalue weighted by molar-refractivity contribution is -0.136. The highest BCUT2D eigenvalue weighted by atomic mass is 16.5. The van der Waals surface area contributed by atoms with Crippen molar-refractivity contribution < 1.29 is 9.53 Å². The Kier molecular flexibility index (Phi) is 4.74. The van der Waals surface area contributed by atoms with Crippen molar-refractivity contribution in [3.63, 3.8) is 0 Å². The van der Waals surface area contributed by atoms with Crippen LogP contribution in [0.15, 0.2) is 35.9 Å². The number of esters is 1. The Labute approximate surface area is 114 Å². The summed E-state index contributed by atoms with van der Waals surface area (Å²) < 4.78 is 4.71. The van der Waals surface area contributed by atoms with Gasteiger partial charge in [-0.2, -0.15) is 0 Å². The van der Waals surface area contributed by atoms with Crippen molar-refractivity contribution in [2.45, 2.75) is 26.3 Å². The molecule has 1 heterocycles. The van der Waals surface area contributed by atoms with Crippen LogP contribution in [0.5, 0.6) is 0 Å². The monoisotopic (exact) mass is 259 g/mol. The highest BCUT2D eigenvalue weighted by Crippen LogP contribution is 2.18. The molecule has 3 heteroatoms. The van der Waals surface area contributed by atoms with Crippen molar-refractivity contribution in [3.05, 3.63) is 47.0 Å². The third kappa shape index (κ3) is 3.67. The number of nitrogens with zero attached hydrogens (tertiary/aromatic N) is 1. The largest absolute Gasteiger partial charge is 0.466 e. The summed E-state index contributed by atoms with van der Waals surface area (Å²) in [5, 5.41) is 0. The summed E-state index contributed by atoms with van der Waals surface area (Å²) in [5.41, 5.74) is 3.54. The molecule has 0 aromatic heterocycles. The molecule has 0 spiro atoms. The molecule has 0 aliphatic carbocycles. The quantitative estimate of drug-likeness (QED) is 0.617. The standard InChI is InChI=1S/C16H21NO2/c1-13(16(18)19-2)9-11-17-10-5-8-14-6-3-4-7-15(14)12-17/h3-4,6-7,9H,5,8,10-12H2,1-2H3. The number of rotatable bonds is 3. The van der Waals surface area contributed by atoms with Gasteiger partial charge in [-0.25, -0.2) is 4.79 Å². The Bertz CT molecular complexity index is 479. The second-order valence-corrected chi connectivity index (χ2v) is 4.99. The van der Waals surface area contributed by atoms with Gasteiger partial charge in [0.15, 0.2) is 0 Å². The predicted octanol–water partition coefficient (Wildman–Crippen LogP) is 2.55. The van der Waals surface area contributed by atoms with E-state index in [0.717, 1.165) is 26.1 Å². The van der Waals surface area contributed by atoms with Crippen LogP contribution in [-0.4, -0.2) is 31.1 Å². The van der Waals surface area contributed by atoms with Crippen LogP contribution < -0.4 is 0 Å². The van der Waals surface area contributed by atoms with Crippen molar-refractivity contribution in [2.75, 3.05) is 20.2 Å². The number of hydrogen-bond donors (Lipinski definition) is 0. The minimum atomic E-state index is -0.241. The molecule has 102 valence electrons. The van der Waals surface area contributed by atoms with Gasteiger partial charge >= 0.3 is 5.97 Å². The lowest BCUT2D eigenvalue weighted by Crippen LogP contribution is -2.24. The zero-order valence-corrected chi connectivity index (χ0v) is 11.7. The third-order valence-corrected chi connectivity index (χ3v) is 3.60. The number of ether oxygens (including phenoxy) is 1. The minimum Gasteiger partial charge on any atom is -0.466 e. The molecule has 0 amide bonds. The lowest BCUT2D eigenvalue weighted by Gasteiger charge is -2.18. The Balaban J connectivity index is 2.01. The van der Waals surface area contributed by atoms with E-state index in [2.05, 4.69) is 29.2 Å². The predicted molar refractivity (Wildman–Crippen MR) is 75.8 cm³/mol. The first-order valence-electron chi connectivity index (χ1n) is 6.75. The Morgan fingerprint density at radius 2 is 2.11 bits per heavy atom. The van der Waals surface area contributed by atoms with E-state index in [0.29, 0.717) is 5.57 Å². The van der Waals surface area contributed by atoms with E-state index in [1.165, 1.54) is 24.7 Å². The number of aryl methyl sites for hydroxylation is 1. The van der Waals surface area contributed by atoms with Gasteiger partial charge in [-0.3, -0.25) is 4.90 Å². The van der Waals surface area contributed by atoms with Crippen LogP contribution in [0, 0.1) is 0 Å². The molecule has 19 heavy (non-hydrogen) atoms. The van der Waals surface area contributed by atoms with Crippen LogP contribution in [0.1, 0.15) is 24.5 Å². The van der Waals surface area contributed by atoms with Crippen LogP contribution in [-0.2, 0) is 22.5 Å². The smallest absolute Gasteiger partial charge is 0.333 e. The molecule has 0 N–H and O–H groups in total. The van der Waals surface area contributed by atoms with Gasteiger partial charge in [0.05, 0.1) is 7.11 Å². The second kappa shape index (κ2) is 6.53. The summed E-state index contributed by atoms with van der Waals surface area (Å²) in [6.45, 7) is 4.63. The van der Waals surface area contributed by atoms with Gasteiger partial charge in [-0.1, -0.05) is 30.3 Å². The van der Waals surface area contributed by atoms with E-state index in [4.69, 9.17) is 4.74 Å². The molecule has 1 aliphatic rings. The number of methoxy groups -OCH3 is 1. The van der Waals surface area contributed by atoms with Crippen LogP contribution in [0.4, 0.5) is 0 Å². The molecule has 0 saturated heterocycles. The van der Waals surface area contributed by atoms with Gasteiger partial charge in [-0.15, -0.1) is 0 Å². The highest BCUT2D eigenvalue weighted by Gasteiger charge is 2.13. The van der Waals surface area contributed by atoms with E-state index in [-0.39, 0.29) is 5.97 Å². The molecule has 2 rings (SSSR count). The number of carbonyl (C=O) groups excluding carboxylic acids is 1. The van der Waals surface area contributed by atoms with Crippen LogP contribution >= 0.6 is 0 Å². The van der Waals surface area contributed by atoms with E-state index in [1.54, 1.807) is 6.92 Å². The average molecular weight is 259 g/mol. The van der Waals surface area contributed by atoms with Crippen molar-refractivity contribution >= 4 is 5.97 Å². The normalized spacial score (nSPS) is 16.6. The molecule has 1 aromatic rings. The molecule has 0 bridgehead atoms. The van der Waals surface area contributed by atoms with Gasteiger partial charge in [0, 0.05) is 18.7 Å². The molecular formula is C16H21NO2. The van der Waals surface area contributed by atoms with E-state index in [9.17, 15) is 4.79 Å². The maximum absolute atomic E-state index is 11.3. The molecule has 0 radical (unpaired) electrons. The van der Waals surface area contributed by atoms with Gasteiger partial charge in [0.25, 0.3) is 0 Å². The van der Waals surface area contributed by atoms with Gasteiger partial charge < -0.3 is 4.74 Å². The molecule has 0 fully saturated rings. The van der Waals surface area contributed by atoms with E-state index in [1.807, 2.05) is 6.08 Å². The van der Waals surface area contributed by atoms with Crippen molar-refractivity contribution in [1.82, 2.24) is 4.90 Å². The van der Waals surface area contributed by atoms with Crippen molar-refractivity contribution in [3.8, 4) is 0 Å². The zero-order chi connectivity index (χ0) is 13.7. The summed E-state index contributed by atoms with van der Waals surface area (Å²) in [6, 6.07) is 8.62. The molecule has 0 unspecified atom stereocenters. The number of hydrogen-bond acceptors (Lipinski definition) is 3. The lowest BCUT2D eigenvalue weighted by atomic mass is 10.0. The fourth-order valence-electron chi connectivity index (χ4n) is 2.43. The van der Waals surface area contributed by atoms with Gasteiger partial charge in [-0.05, 0) is 37.4 Å². The first-order chi connectivity index (χ1) is 9.20. The van der Waals surface area contributed by atoms with Crippen molar-refractivity contribution in [2.24, 2.45) is 0 Å². The third-order valence-electron chi connectivity index (χ3n) is 3.60. The number of benzene rings is 1. The van der Waals surface area contributed by atoms with Crippen LogP contribution in [0.3, 0.4) is 0 Å². The topological polar surface area (TPSA) is 29.5 Å². The SMILES string of the molecule is COC(=O)C(C)=CCN1CCCc2ccccc2C1. The van der Waals surface area contributed by atoms with Gasteiger partial charge in [0.2, 0.25) is 0 Å².